The summed E-state index contributed by atoms with van der Waals surface area (Å²) in [7, 11) is 0. The molecule has 1 heterocycles. The summed E-state index contributed by atoms with van der Waals surface area (Å²) in [6.45, 7) is 6.42. The predicted molar refractivity (Wildman–Crippen MR) is 114 cm³/mol. The molecule has 158 valence electrons. The Balaban J connectivity index is 1.91. The summed E-state index contributed by atoms with van der Waals surface area (Å²) < 4.78 is 5.85. The van der Waals surface area contributed by atoms with Crippen molar-refractivity contribution in [3.05, 3.63) is 57.1 Å². The van der Waals surface area contributed by atoms with Crippen LogP contribution in [0.15, 0.2) is 36.4 Å². The van der Waals surface area contributed by atoms with E-state index in [4.69, 9.17) is 16.3 Å². The van der Waals surface area contributed by atoms with E-state index in [1.165, 1.54) is 12.1 Å². The second-order valence-electron chi connectivity index (χ2n) is 7.69. The van der Waals surface area contributed by atoms with Crippen LogP contribution in [-0.2, 0) is 4.79 Å². The second kappa shape index (κ2) is 8.31. The molecule has 2 aromatic carbocycles. The fraction of sp³-hybridized carbons (Fsp3) is 0.333. The van der Waals surface area contributed by atoms with Gasteiger partial charge in [-0.15, -0.1) is 0 Å². The maximum absolute atomic E-state index is 13.0. The van der Waals surface area contributed by atoms with Gasteiger partial charge in [-0.05, 0) is 44.5 Å². The van der Waals surface area contributed by atoms with E-state index in [0.29, 0.717) is 23.7 Å². The van der Waals surface area contributed by atoms with Crippen molar-refractivity contribution >= 4 is 40.5 Å². The number of non-ortho nitro benzene ring substituents is 1. The molecule has 0 atom stereocenters. The minimum atomic E-state index is -0.677. The summed E-state index contributed by atoms with van der Waals surface area (Å²) in [5.41, 5.74) is 0.265. The van der Waals surface area contributed by atoms with Gasteiger partial charge in [0, 0.05) is 24.4 Å². The molecule has 0 bridgehead atoms. The van der Waals surface area contributed by atoms with Crippen LogP contribution in [-0.4, -0.2) is 29.9 Å². The molecule has 0 fully saturated rings. The van der Waals surface area contributed by atoms with Crippen LogP contribution in [0.3, 0.4) is 0 Å². The lowest BCUT2D eigenvalue weighted by Gasteiger charge is -2.27. The third-order valence-electron chi connectivity index (χ3n) is 4.78. The smallest absolute Gasteiger partial charge is 0.270 e. The molecule has 0 unspecified atom stereocenters. The Bertz CT molecular complexity index is 1020. The van der Waals surface area contributed by atoms with Crippen molar-refractivity contribution in [2.45, 2.75) is 27.2 Å². The summed E-state index contributed by atoms with van der Waals surface area (Å²) in [6.07, 6.45) is 0.760. The average molecular weight is 432 g/mol. The van der Waals surface area contributed by atoms with E-state index in [0.717, 1.165) is 12.5 Å². The number of ether oxygens (including phenoxy) is 1. The van der Waals surface area contributed by atoms with Gasteiger partial charge in [-0.1, -0.05) is 18.5 Å². The monoisotopic (exact) mass is 431 g/mol. The maximum atomic E-state index is 13.0. The van der Waals surface area contributed by atoms with Crippen molar-refractivity contribution in [1.29, 1.82) is 0 Å². The number of fused-ring (bicyclic) bond motifs is 1. The summed E-state index contributed by atoms with van der Waals surface area (Å²) >= 11 is 6.05. The lowest BCUT2D eigenvalue weighted by molar-refractivity contribution is -0.384. The van der Waals surface area contributed by atoms with Crippen LogP contribution in [0.25, 0.3) is 0 Å². The van der Waals surface area contributed by atoms with Crippen LogP contribution in [0, 0.1) is 15.5 Å². The molecule has 0 aliphatic carbocycles. The fourth-order valence-corrected chi connectivity index (χ4v) is 3.43. The number of nitrogens with one attached hydrogen (secondary N) is 1. The molecule has 0 saturated heterocycles. The van der Waals surface area contributed by atoms with Gasteiger partial charge in [0.2, 0.25) is 5.91 Å². The van der Waals surface area contributed by atoms with E-state index in [9.17, 15) is 19.7 Å². The van der Waals surface area contributed by atoms with Gasteiger partial charge in [0.25, 0.3) is 11.6 Å². The zero-order valence-corrected chi connectivity index (χ0v) is 17.7. The second-order valence-corrected chi connectivity index (χ2v) is 8.09. The Kier molecular flexibility index (Phi) is 5.98. The number of amides is 2. The standard InChI is InChI=1S/C21H22ClN3O5/c1-4-9-24-17-10-13(5-8-18(17)30-12-21(2,3)20(24)27)23-19(26)15-7-6-14(25(28)29)11-16(15)22/h5-8,10-11H,4,9,12H2,1-3H3,(H,23,26). The number of nitro benzene ring substituents is 1. The van der Waals surface area contributed by atoms with E-state index < -0.39 is 16.2 Å². The Morgan fingerprint density at radius 2 is 2.03 bits per heavy atom. The molecule has 1 aliphatic heterocycles. The van der Waals surface area contributed by atoms with Crippen LogP contribution in [0.4, 0.5) is 17.1 Å². The first-order valence-corrected chi connectivity index (χ1v) is 9.86. The highest BCUT2D eigenvalue weighted by atomic mass is 35.5. The Morgan fingerprint density at radius 3 is 2.67 bits per heavy atom. The lowest BCUT2D eigenvalue weighted by atomic mass is 9.93. The molecule has 2 amide bonds. The van der Waals surface area contributed by atoms with E-state index in [2.05, 4.69) is 5.32 Å². The third kappa shape index (κ3) is 4.23. The first-order chi connectivity index (χ1) is 14.1. The molecule has 30 heavy (non-hydrogen) atoms. The predicted octanol–water partition coefficient (Wildman–Crippen LogP) is 4.66. The van der Waals surface area contributed by atoms with E-state index in [1.807, 2.05) is 20.8 Å². The first kappa shape index (κ1) is 21.6. The molecule has 0 aromatic heterocycles. The number of halogens is 1. The van der Waals surface area contributed by atoms with Crippen LogP contribution in [0.1, 0.15) is 37.6 Å². The van der Waals surface area contributed by atoms with Crippen molar-refractivity contribution in [1.82, 2.24) is 0 Å². The zero-order valence-electron chi connectivity index (χ0n) is 16.9. The van der Waals surface area contributed by atoms with Crippen molar-refractivity contribution in [2.24, 2.45) is 5.41 Å². The molecule has 0 radical (unpaired) electrons. The van der Waals surface area contributed by atoms with Crippen LogP contribution in [0.5, 0.6) is 5.75 Å². The van der Waals surface area contributed by atoms with Gasteiger partial charge < -0.3 is 15.0 Å². The molecule has 1 N–H and O–H groups in total. The molecule has 0 saturated carbocycles. The highest BCUT2D eigenvalue weighted by Crippen LogP contribution is 2.38. The lowest BCUT2D eigenvalue weighted by Crippen LogP contribution is -2.42. The Hall–Kier alpha value is -3.13. The minimum Gasteiger partial charge on any atom is -0.490 e. The number of hydrogen-bond acceptors (Lipinski definition) is 5. The molecular weight excluding hydrogens is 410 g/mol. The minimum absolute atomic E-state index is 0.0238. The van der Waals surface area contributed by atoms with Crippen LogP contribution >= 0.6 is 11.6 Å². The van der Waals surface area contributed by atoms with Gasteiger partial charge in [0.15, 0.2) is 0 Å². The molecular formula is C21H22ClN3O5. The van der Waals surface area contributed by atoms with Crippen LogP contribution < -0.4 is 15.0 Å². The number of anilines is 2. The van der Waals surface area contributed by atoms with Crippen molar-refractivity contribution in [3.8, 4) is 5.75 Å². The van der Waals surface area contributed by atoms with Gasteiger partial charge in [-0.25, -0.2) is 0 Å². The van der Waals surface area contributed by atoms with Gasteiger partial charge in [0.05, 0.1) is 26.6 Å². The largest absolute Gasteiger partial charge is 0.490 e. The molecule has 2 aromatic rings. The summed E-state index contributed by atoms with van der Waals surface area (Å²) in [4.78, 5) is 37.6. The van der Waals surface area contributed by atoms with Gasteiger partial charge in [-0.2, -0.15) is 0 Å². The molecule has 1 aliphatic rings. The van der Waals surface area contributed by atoms with Gasteiger partial charge in [-0.3, -0.25) is 19.7 Å². The van der Waals surface area contributed by atoms with Crippen molar-refractivity contribution in [3.63, 3.8) is 0 Å². The topological polar surface area (TPSA) is 102 Å². The molecule has 9 heteroatoms. The van der Waals surface area contributed by atoms with Gasteiger partial charge >= 0.3 is 0 Å². The zero-order chi connectivity index (χ0) is 22.1. The van der Waals surface area contributed by atoms with E-state index in [-0.39, 0.29) is 28.8 Å². The third-order valence-corrected chi connectivity index (χ3v) is 5.09. The normalized spacial score (nSPS) is 15.1. The maximum Gasteiger partial charge on any atom is 0.270 e. The average Bonchev–Trinajstić information content (AvgIpc) is 2.78. The Labute approximate surface area is 178 Å². The SMILES string of the molecule is CCCN1C(=O)C(C)(C)COc2ccc(NC(=O)c3ccc([N+](=O)[O-])cc3Cl)cc21. The molecule has 8 nitrogen and oxygen atoms in total. The summed E-state index contributed by atoms with van der Waals surface area (Å²) in [6, 6.07) is 8.71. The first-order valence-electron chi connectivity index (χ1n) is 9.48. The van der Waals surface area contributed by atoms with E-state index >= 15 is 0 Å². The Morgan fingerprint density at radius 1 is 1.30 bits per heavy atom. The summed E-state index contributed by atoms with van der Waals surface area (Å²) in [5, 5.41) is 13.6. The number of benzene rings is 2. The fourth-order valence-electron chi connectivity index (χ4n) is 3.17. The molecule has 0 spiro atoms. The number of nitrogens with zero attached hydrogens (tertiary/aromatic N) is 2. The number of hydrogen-bond donors (Lipinski definition) is 1. The quantitative estimate of drug-likeness (QED) is 0.547. The number of carbonyl (C=O) groups excluding carboxylic acids is 2. The number of nitro groups is 1. The number of carbonyl (C=O) groups is 2. The highest BCUT2D eigenvalue weighted by Gasteiger charge is 2.37. The van der Waals surface area contributed by atoms with Crippen LogP contribution in [0.2, 0.25) is 5.02 Å². The van der Waals surface area contributed by atoms with Gasteiger partial charge in [0.1, 0.15) is 12.4 Å². The summed E-state index contributed by atoms with van der Waals surface area (Å²) in [5.74, 6) is -0.00295. The highest BCUT2D eigenvalue weighted by molar-refractivity contribution is 6.34. The molecule has 3 rings (SSSR count). The van der Waals surface area contributed by atoms with Crippen molar-refractivity contribution < 1.29 is 19.2 Å². The number of rotatable bonds is 5. The van der Waals surface area contributed by atoms with E-state index in [1.54, 1.807) is 23.1 Å². The van der Waals surface area contributed by atoms with Crippen molar-refractivity contribution in [2.75, 3.05) is 23.4 Å².